The van der Waals surface area contributed by atoms with Crippen LogP contribution >= 0.6 is 0 Å². The average molecular weight is 306 g/mol. The standard InChI is InChI=1S/C19H30O3/c1-4-6-10-16(5-2)14-13-15(3)22-19(21)18(20)17-11-8-7-9-12-17/h7-9,11-12,15-16,18,20H,4-6,10,13-14H2,1-3H3/t15-,16+,18+/m0/s1. The highest BCUT2D eigenvalue weighted by molar-refractivity contribution is 5.76. The van der Waals surface area contributed by atoms with Gasteiger partial charge in [0.25, 0.3) is 0 Å². The molecule has 0 radical (unpaired) electrons. The first-order valence-electron chi connectivity index (χ1n) is 8.51. The van der Waals surface area contributed by atoms with Crippen molar-refractivity contribution in [3.63, 3.8) is 0 Å². The Morgan fingerprint density at radius 3 is 2.41 bits per heavy atom. The number of hydrogen-bond donors (Lipinski definition) is 1. The van der Waals surface area contributed by atoms with Crippen LogP contribution in [-0.2, 0) is 9.53 Å². The van der Waals surface area contributed by atoms with Crippen LogP contribution in [0.3, 0.4) is 0 Å². The van der Waals surface area contributed by atoms with E-state index in [1.807, 2.05) is 13.0 Å². The molecule has 0 heterocycles. The predicted octanol–water partition coefficient (Wildman–Crippen LogP) is 4.65. The number of carbonyl (C=O) groups excluding carboxylic acids is 1. The van der Waals surface area contributed by atoms with Gasteiger partial charge in [-0.3, -0.25) is 0 Å². The second kappa shape index (κ2) is 10.4. The van der Waals surface area contributed by atoms with Crippen molar-refractivity contribution in [2.24, 2.45) is 5.92 Å². The minimum absolute atomic E-state index is 0.151. The van der Waals surface area contributed by atoms with E-state index in [1.54, 1.807) is 24.3 Å². The van der Waals surface area contributed by atoms with E-state index in [0.29, 0.717) is 11.5 Å². The van der Waals surface area contributed by atoms with E-state index >= 15 is 0 Å². The first-order chi connectivity index (χ1) is 10.6. The van der Waals surface area contributed by atoms with Crippen LogP contribution < -0.4 is 0 Å². The molecule has 0 fully saturated rings. The number of hydrogen-bond acceptors (Lipinski definition) is 3. The highest BCUT2D eigenvalue weighted by Crippen LogP contribution is 2.21. The molecule has 0 spiro atoms. The second-order valence-corrected chi connectivity index (χ2v) is 6.05. The summed E-state index contributed by atoms with van der Waals surface area (Å²) < 4.78 is 5.38. The number of esters is 1. The quantitative estimate of drug-likeness (QED) is 0.640. The van der Waals surface area contributed by atoms with Crippen molar-refractivity contribution >= 4 is 5.97 Å². The highest BCUT2D eigenvalue weighted by Gasteiger charge is 2.21. The molecule has 0 aliphatic heterocycles. The Kier molecular flexibility index (Phi) is 8.83. The zero-order valence-corrected chi connectivity index (χ0v) is 14.1. The van der Waals surface area contributed by atoms with Gasteiger partial charge in [0.1, 0.15) is 0 Å². The molecule has 0 saturated carbocycles. The molecule has 124 valence electrons. The maximum atomic E-state index is 12.0. The van der Waals surface area contributed by atoms with E-state index in [9.17, 15) is 9.90 Å². The molecule has 22 heavy (non-hydrogen) atoms. The fraction of sp³-hybridized carbons (Fsp3) is 0.632. The molecule has 0 amide bonds. The summed E-state index contributed by atoms with van der Waals surface area (Å²) in [6.45, 7) is 6.33. The van der Waals surface area contributed by atoms with E-state index in [1.165, 1.54) is 25.7 Å². The number of unbranched alkanes of at least 4 members (excludes halogenated alkanes) is 1. The van der Waals surface area contributed by atoms with Gasteiger partial charge in [-0.1, -0.05) is 69.9 Å². The van der Waals surface area contributed by atoms with E-state index in [-0.39, 0.29) is 6.10 Å². The lowest BCUT2D eigenvalue weighted by molar-refractivity contribution is -0.159. The van der Waals surface area contributed by atoms with Crippen molar-refractivity contribution in [3.05, 3.63) is 35.9 Å². The van der Waals surface area contributed by atoms with E-state index in [0.717, 1.165) is 12.8 Å². The lowest BCUT2D eigenvalue weighted by atomic mass is 9.93. The van der Waals surface area contributed by atoms with Crippen molar-refractivity contribution < 1.29 is 14.6 Å². The minimum atomic E-state index is -1.19. The summed E-state index contributed by atoms with van der Waals surface area (Å²) in [5.74, 6) is 0.153. The molecule has 0 bridgehead atoms. The van der Waals surface area contributed by atoms with Gasteiger partial charge in [-0.2, -0.15) is 0 Å². The second-order valence-electron chi connectivity index (χ2n) is 6.05. The third kappa shape index (κ3) is 6.61. The Morgan fingerprint density at radius 2 is 1.82 bits per heavy atom. The van der Waals surface area contributed by atoms with Gasteiger partial charge in [-0.25, -0.2) is 4.79 Å². The van der Waals surface area contributed by atoms with E-state index < -0.39 is 12.1 Å². The molecule has 0 aromatic heterocycles. The molecule has 1 aromatic carbocycles. The van der Waals surface area contributed by atoms with Crippen LogP contribution in [0.15, 0.2) is 30.3 Å². The molecule has 0 unspecified atom stereocenters. The molecular formula is C19H30O3. The lowest BCUT2D eigenvalue weighted by Gasteiger charge is -2.19. The Morgan fingerprint density at radius 1 is 1.14 bits per heavy atom. The first-order valence-corrected chi connectivity index (χ1v) is 8.51. The van der Waals surface area contributed by atoms with Crippen LogP contribution in [0.1, 0.15) is 71.0 Å². The normalized spacial score (nSPS) is 15.1. The largest absolute Gasteiger partial charge is 0.460 e. The summed E-state index contributed by atoms with van der Waals surface area (Å²) in [6, 6.07) is 8.91. The number of aliphatic hydroxyl groups is 1. The molecule has 3 atom stereocenters. The number of aliphatic hydroxyl groups excluding tert-OH is 1. The van der Waals surface area contributed by atoms with Gasteiger partial charge in [0.2, 0.25) is 0 Å². The molecule has 1 aromatic rings. The zero-order valence-electron chi connectivity index (χ0n) is 14.1. The fourth-order valence-electron chi connectivity index (χ4n) is 2.61. The summed E-state index contributed by atoms with van der Waals surface area (Å²) in [4.78, 5) is 12.0. The third-order valence-corrected chi connectivity index (χ3v) is 4.18. The van der Waals surface area contributed by atoms with Gasteiger partial charge in [0, 0.05) is 0 Å². The van der Waals surface area contributed by atoms with Crippen LogP contribution in [0.25, 0.3) is 0 Å². The molecule has 0 saturated heterocycles. The van der Waals surface area contributed by atoms with Gasteiger partial charge < -0.3 is 9.84 Å². The van der Waals surface area contributed by atoms with Crippen molar-refractivity contribution in [3.8, 4) is 0 Å². The molecule has 1 N–H and O–H groups in total. The Balaban J connectivity index is 2.37. The number of ether oxygens (including phenoxy) is 1. The highest BCUT2D eigenvalue weighted by atomic mass is 16.6. The van der Waals surface area contributed by atoms with Gasteiger partial charge in [0.05, 0.1) is 6.10 Å². The van der Waals surface area contributed by atoms with Crippen LogP contribution in [0, 0.1) is 5.92 Å². The van der Waals surface area contributed by atoms with E-state index in [2.05, 4.69) is 13.8 Å². The minimum Gasteiger partial charge on any atom is -0.460 e. The number of rotatable bonds is 10. The predicted molar refractivity (Wildman–Crippen MR) is 89.5 cm³/mol. The number of carbonyl (C=O) groups is 1. The number of benzene rings is 1. The summed E-state index contributed by atoms with van der Waals surface area (Å²) in [7, 11) is 0. The van der Waals surface area contributed by atoms with Crippen LogP contribution in [0.2, 0.25) is 0 Å². The fourth-order valence-corrected chi connectivity index (χ4v) is 2.61. The molecular weight excluding hydrogens is 276 g/mol. The summed E-state index contributed by atoms with van der Waals surface area (Å²) in [5, 5.41) is 10.0. The first kappa shape index (κ1) is 18.7. The van der Waals surface area contributed by atoms with Crippen LogP contribution in [0.5, 0.6) is 0 Å². The summed E-state index contributed by atoms with van der Waals surface area (Å²) >= 11 is 0. The maximum absolute atomic E-state index is 12.0. The zero-order chi connectivity index (χ0) is 16.4. The van der Waals surface area contributed by atoms with E-state index in [4.69, 9.17) is 4.74 Å². The topological polar surface area (TPSA) is 46.5 Å². The SMILES string of the molecule is CCCC[C@@H](CC)CC[C@H](C)OC(=O)[C@H](O)c1ccccc1. The Bertz CT molecular complexity index is 416. The average Bonchev–Trinajstić information content (AvgIpc) is 2.55. The van der Waals surface area contributed by atoms with Crippen molar-refractivity contribution in [1.29, 1.82) is 0 Å². The van der Waals surface area contributed by atoms with Crippen molar-refractivity contribution in [2.75, 3.05) is 0 Å². The molecule has 3 nitrogen and oxygen atoms in total. The van der Waals surface area contributed by atoms with Crippen LogP contribution in [-0.4, -0.2) is 17.2 Å². The molecule has 3 heteroatoms. The lowest BCUT2D eigenvalue weighted by Crippen LogP contribution is -2.21. The maximum Gasteiger partial charge on any atom is 0.339 e. The Hall–Kier alpha value is -1.35. The van der Waals surface area contributed by atoms with Gasteiger partial charge in [-0.05, 0) is 31.2 Å². The van der Waals surface area contributed by atoms with Crippen molar-refractivity contribution in [2.45, 2.75) is 71.5 Å². The van der Waals surface area contributed by atoms with Crippen LogP contribution in [0.4, 0.5) is 0 Å². The van der Waals surface area contributed by atoms with Gasteiger partial charge >= 0.3 is 5.97 Å². The van der Waals surface area contributed by atoms with Gasteiger partial charge in [-0.15, -0.1) is 0 Å². The smallest absolute Gasteiger partial charge is 0.339 e. The molecule has 0 aliphatic carbocycles. The Labute approximate surface area is 134 Å². The third-order valence-electron chi connectivity index (χ3n) is 4.18. The molecule has 0 aliphatic rings. The van der Waals surface area contributed by atoms with Crippen molar-refractivity contribution in [1.82, 2.24) is 0 Å². The summed E-state index contributed by atoms with van der Waals surface area (Å²) in [5.41, 5.74) is 0.578. The summed E-state index contributed by atoms with van der Waals surface area (Å²) in [6.07, 6.45) is 5.51. The van der Waals surface area contributed by atoms with Gasteiger partial charge in [0.15, 0.2) is 6.10 Å². The monoisotopic (exact) mass is 306 g/mol. The molecule has 1 rings (SSSR count).